The van der Waals surface area contributed by atoms with Crippen molar-refractivity contribution in [1.29, 1.82) is 0 Å². The molecule has 0 saturated carbocycles. The van der Waals surface area contributed by atoms with Crippen molar-refractivity contribution in [3.8, 4) is 5.75 Å². The van der Waals surface area contributed by atoms with Crippen molar-refractivity contribution in [1.82, 2.24) is 0 Å². The smallest absolute Gasteiger partial charge is 0.122 e. The first kappa shape index (κ1) is 10.8. The van der Waals surface area contributed by atoms with Gasteiger partial charge in [-0.3, -0.25) is 0 Å². The van der Waals surface area contributed by atoms with Gasteiger partial charge in [0, 0.05) is 0 Å². The zero-order valence-corrected chi connectivity index (χ0v) is 8.99. The fourth-order valence-electron chi connectivity index (χ4n) is 1.72. The molecule has 0 bridgehead atoms. The van der Waals surface area contributed by atoms with E-state index in [2.05, 4.69) is 25.6 Å². The average molecular weight is 190 g/mol. The number of allylic oxidation sites excluding steroid dienone is 1. The van der Waals surface area contributed by atoms with Crippen LogP contribution in [0.25, 0.3) is 0 Å². The molecule has 0 N–H and O–H groups in total. The lowest BCUT2D eigenvalue weighted by molar-refractivity contribution is 0.404. The molecule has 0 spiro atoms. The molecule has 0 aliphatic carbocycles. The maximum atomic E-state index is 5.34. The minimum atomic E-state index is 0.531. The van der Waals surface area contributed by atoms with Gasteiger partial charge >= 0.3 is 0 Å². The quantitative estimate of drug-likeness (QED) is 0.642. The third kappa shape index (κ3) is 2.38. The number of methoxy groups -OCH3 is 1. The Balaban J connectivity index is 2.95. The molecule has 0 amide bonds. The maximum Gasteiger partial charge on any atom is 0.122 e. The second-order valence-electron chi connectivity index (χ2n) is 3.37. The standard InChI is InChI=1S/C13H18O/c1-4-8-11(5-2)12-9-6-7-10-13(12)14-3/h4,6-7,9-11H,1,5,8H2,2-3H3. The van der Waals surface area contributed by atoms with Crippen molar-refractivity contribution in [2.75, 3.05) is 7.11 Å². The highest BCUT2D eigenvalue weighted by molar-refractivity contribution is 5.36. The summed E-state index contributed by atoms with van der Waals surface area (Å²) < 4.78 is 5.34. The molecule has 0 aliphatic heterocycles. The molecule has 1 rings (SSSR count). The number of ether oxygens (including phenoxy) is 1. The molecule has 0 saturated heterocycles. The van der Waals surface area contributed by atoms with E-state index in [0.29, 0.717) is 5.92 Å². The van der Waals surface area contributed by atoms with Crippen LogP contribution in [0.15, 0.2) is 36.9 Å². The van der Waals surface area contributed by atoms with Crippen LogP contribution in [-0.4, -0.2) is 7.11 Å². The summed E-state index contributed by atoms with van der Waals surface area (Å²) in [5, 5.41) is 0. The number of para-hydroxylation sites is 1. The van der Waals surface area contributed by atoms with Gasteiger partial charge in [0.1, 0.15) is 5.75 Å². The number of rotatable bonds is 5. The first-order valence-corrected chi connectivity index (χ1v) is 5.07. The van der Waals surface area contributed by atoms with Crippen LogP contribution < -0.4 is 4.74 Å². The number of hydrogen-bond acceptors (Lipinski definition) is 1. The van der Waals surface area contributed by atoms with E-state index in [1.54, 1.807) is 7.11 Å². The first-order chi connectivity index (χ1) is 6.83. The lowest BCUT2D eigenvalue weighted by Crippen LogP contribution is -1.99. The second-order valence-corrected chi connectivity index (χ2v) is 3.37. The summed E-state index contributed by atoms with van der Waals surface area (Å²) in [6.07, 6.45) is 4.10. The molecule has 1 aromatic carbocycles. The van der Waals surface area contributed by atoms with Gasteiger partial charge in [0.2, 0.25) is 0 Å². The highest BCUT2D eigenvalue weighted by Crippen LogP contribution is 2.31. The number of hydrogen-bond donors (Lipinski definition) is 0. The predicted molar refractivity (Wildman–Crippen MR) is 60.8 cm³/mol. The molecular formula is C13H18O. The van der Waals surface area contributed by atoms with Crippen molar-refractivity contribution in [2.45, 2.75) is 25.7 Å². The van der Waals surface area contributed by atoms with Gasteiger partial charge in [-0.25, -0.2) is 0 Å². The molecule has 1 heteroatoms. The molecule has 0 aliphatic rings. The zero-order chi connectivity index (χ0) is 10.4. The van der Waals surface area contributed by atoms with Crippen LogP contribution in [0, 0.1) is 0 Å². The molecule has 14 heavy (non-hydrogen) atoms. The molecule has 0 fully saturated rings. The van der Waals surface area contributed by atoms with Crippen LogP contribution in [0.2, 0.25) is 0 Å². The summed E-state index contributed by atoms with van der Waals surface area (Å²) in [7, 11) is 1.72. The van der Waals surface area contributed by atoms with Crippen molar-refractivity contribution >= 4 is 0 Å². The summed E-state index contributed by atoms with van der Waals surface area (Å²) in [5.41, 5.74) is 1.29. The fraction of sp³-hybridized carbons (Fsp3) is 0.385. The van der Waals surface area contributed by atoms with Crippen LogP contribution in [0.4, 0.5) is 0 Å². The van der Waals surface area contributed by atoms with E-state index >= 15 is 0 Å². The number of benzene rings is 1. The Hall–Kier alpha value is -1.24. The second kappa shape index (κ2) is 5.48. The monoisotopic (exact) mass is 190 g/mol. The fourth-order valence-corrected chi connectivity index (χ4v) is 1.72. The molecule has 1 atom stereocenters. The molecule has 0 heterocycles. The van der Waals surface area contributed by atoms with Crippen LogP contribution in [-0.2, 0) is 0 Å². The third-order valence-corrected chi connectivity index (χ3v) is 2.52. The Morgan fingerprint density at radius 2 is 2.14 bits per heavy atom. The highest BCUT2D eigenvalue weighted by Gasteiger charge is 2.11. The summed E-state index contributed by atoms with van der Waals surface area (Å²) in [6.45, 7) is 5.98. The molecule has 0 radical (unpaired) electrons. The van der Waals surface area contributed by atoms with Crippen molar-refractivity contribution in [3.63, 3.8) is 0 Å². The summed E-state index contributed by atoms with van der Waals surface area (Å²) in [6, 6.07) is 8.21. The van der Waals surface area contributed by atoms with Crippen molar-refractivity contribution in [3.05, 3.63) is 42.5 Å². The first-order valence-electron chi connectivity index (χ1n) is 5.07. The third-order valence-electron chi connectivity index (χ3n) is 2.52. The topological polar surface area (TPSA) is 9.23 Å². The molecule has 76 valence electrons. The van der Waals surface area contributed by atoms with E-state index in [4.69, 9.17) is 4.74 Å². The molecule has 0 aromatic heterocycles. The van der Waals surface area contributed by atoms with Gasteiger partial charge in [0.25, 0.3) is 0 Å². The molecule has 1 nitrogen and oxygen atoms in total. The molecule has 1 aromatic rings. The Kier molecular flexibility index (Phi) is 4.24. The van der Waals surface area contributed by atoms with Crippen LogP contribution in [0.5, 0.6) is 5.75 Å². The van der Waals surface area contributed by atoms with Gasteiger partial charge in [-0.15, -0.1) is 6.58 Å². The van der Waals surface area contributed by atoms with E-state index in [9.17, 15) is 0 Å². The van der Waals surface area contributed by atoms with E-state index in [-0.39, 0.29) is 0 Å². The Morgan fingerprint density at radius 3 is 2.71 bits per heavy atom. The van der Waals surface area contributed by atoms with Gasteiger partial charge < -0.3 is 4.74 Å². The lowest BCUT2D eigenvalue weighted by atomic mass is 9.92. The SMILES string of the molecule is C=CCC(CC)c1ccccc1OC. The Bertz CT molecular complexity index is 291. The minimum absolute atomic E-state index is 0.531. The largest absolute Gasteiger partial charge is 0.496 e. The van der Waals surface area contributed by atoms with Gasteiger partial charge in [-0.2, -0.15) is 0 Å². The van der Waals surface area contributed by atoms with Gasteiger partial charge in [0.05, 0.1) is 7.11 Å². The maximum absolute atomic E-state index is 5.34. The predicted octanol–water partition coefficient (Wildman–Crippen LogP) is 3.76. The van der Waals surface area contributed by atoms with E-state index in [1.807, 2.05) is 18.2 Å². The Morgan fingerprint density at radius 1 is 1.43 bits per heavy atom. The van der Waals surface area contributed by atoms with Gasteiger partial charge in [0.15, 0.2) is 0 Å². The van der Waals surface area contributed by atoms with Crippen molar-refractivity contribution in [2.24, 2.45) is 0 Å². The van der Waals surface area contributed by atoms with Crippen LogP contribution >= 0.6 is 0 Å². The van der Waals surface area contributed by atoms with Crippen molar-refractivity contribution < 1.29 is 4.74 Å². The van der Waals surface area contributed by atoms with Crippen LogP contribution in [0.3, 0.4) is 0 Å². The summed E-state index contributed by atoms with van der Waals surface area (Å²) >= 11 is 0. The summed E-state index contributed by atoms with van der Waals surface area (Å²) in [5.74, 6) is 1.52. The van der Waals surface area contributed by atoms with Gasteiger partial charge in [-0.05, 0) is 30.4 Å². The zero-order valence-electron chi connectivity index (χ0n) is 8.99. The van der Waals surface area contributed by atoms with E-state index < -0.39 is 0 Å². The lowest BCUT2D eigenvalue weighted by Gasteiger charge is -2.16. The van der Waals surface area contributed by atoms with Gasteiger partial charge in [-0.1, -0.05) is 31.2 Å². The van der Waals surface area contributed by atoms with E-state index in [1.165, 1.54) is 5.56 Å². The summed E-state index contributed by atoms with van der Waals surface area (Å²) in [4.78, 5) is 0. The Labute approximate surface area is 86.4 Å². The minimum Gasteiger partial charge on any atom is -0.496 e. The molecule has 1 unspecified atom stereocenters. The normalized spacial score (nSPS) is 12.1. The average Bonchev–Trinajstić information content (AvgIpc) is 2.26. The van der Waals surface area contributed by atoms with E-state index in [0.717, 1.165) is 18.6 Å². The highest BCUT2D eigenvalue weighted by atomic mass is 16.5. The molecular weight excluding hydrogens is 172 g/mol. The van der Waals surface area contributed by atoms with Crippen LogP contribution in [0.1, 0.15) is 31.2 Å².